The molecule has 0 bridgehead atoms. The van der Waals surface area contributed by atoms with Gasteiger partial charge in [-0.15, -0.1) is 0 Å². The van der Waals surface area contributed by atoms with Gasteiger partial charge < -0.3 is 10.0 Å². The molecule has 0 radical (unpaired) electrons. The molecule has 1 aromatic rings. The molecule has 0 spiro atoms. The second-order valence-electron chi connectivity index (χ2n) is 5.02. The summed E-state index contributed by atoms with van der Waals surface area (Å²) in [5.41, 5.74) is 0.407. The molecule has 1 aliphatic rings. The molecule has 112 valence electrons. The zero-order valence-corrected chi connectivity index (χ0v) is 12.9. The third kappa shape index (κ3) is 3.93. The molecule has 0 aromatic heterocycles. The number of hydrogen-bond donors (Lipinski definition) is 2. The van der Waals surface area contributed by atoms with E-state index in [9.17, 15) is 8.42 Å². The lowest BCUT2D eigenvalue weighted by molar-refractivity contribution is 0.281. The fraction of sp³-hybridized carbons (Fsp3) is 0.538. The molecular formula is C13H19ClN2O3S. The number of benzene rings is 1. The first kappa shape index (κ1) is 15.7. The summed E-state index contributed by atoms with van der Waals surface area (Å²) in [5, 5.41) is 9.48. The van der Waals surface area contributed by atoms with Gasteiger partial charge in [-0.2, -0.15) is 0 Å². The molecule has 2 rings (SSSR count). The molecule has 5 nitrogen and oxygen atoms in total. The maximum atomic E-state index is 12.1. The van der Waals surface area contributed by atoms with Crippen LogP contribution in [-0.2, 0) is 16.6 Å². The number of aliphatic hydroxyl groups excluding tert-OH is 1. The highest BCUT2D eigenvalue weighted by molar-refractivity contribution is 7.89. The zero-order chi connectivity index (χ0) is 14.8. The van der Waals surface area contributed by atoms with E-state index in [2.05, 4.69) is 9.62 Å². The molecule has 1 aliphatic carbocycles. The first-order valence-electron chi connectivity index (χ1n) is 6.53. The van der Waals surface area contributed by atoms with Crippen molar-refractivity contribution in [3.63, 3.8) is 0 Å². The summed E-state index contributed by atoms with van der Waals surface area (Å²) in [6.07, 6.45) is 2.39. The van der Waals surface area contributed by atoms with Crippen molar-refractivity contribution in [2.75, 3.05) is 20.1 Å². The molecule has 0 unspecified atom stereocenters. The van der Waals surface area contributed by atoms with Crippen molar-refractivity contribution in [1.29, 1.82) is 0 Å². The Hall–Kier alpha value is -0.660. The molecule has 0 aliphatic heterocycles. The van der Waals surface area contributed by atoms with Crippen LogP contribution in [-0.4, -0.2) is 44.6 Å². The Bertz CT molecular complexity index is 573. The van der Waals surface area contributed by atoms with E-state index < -0.39 is 10.0 Å². The van der Waals surface area contributed by atoms with Gasteiger partial charge in [0.25, 0.3) is 0 Å². The van der Waals surface area contributed by atoms with E-state index in [1.807, 2.05) is 7.05 Å². The van der Waals surface area contributed by atoms with Gasteiger partial charge in [-0.3, -0.25) is 0 Å². The normalized spacial score (nSPS) is 15.8. The number of nitrogens with zero attached hydrogens (tertiary/aromatic N) is 1. The van der Waals surface area contributed by atoms with Crippen molar-refractivity contribution >= 4 is 21.6 Å². The Labute approximate surface area is 124 Å². The van der Waals surface area contributed by atoms with Gasteiger partial charge >= 0.3 is 0 Å². The van der Waals surface area contributed by atoms with Crippen molar-refractivity contribution in [1.82, 2.24) is 9.62 Å². The van der Waals surface area contributed by atoms with E-state index in [4.69, 9.17) is 16.7 Å². The number of aliphatic hydroxyl groups is 1. The predicted molar refractivity (Wildman–Crippen MR) is 78.2 cm³/mol. The van der Waals surface area contributed by atoms with Gasteiger partial charge in [0.05, 0.1) is 11.5 Å². The maximum Gasteiger partial charge on any atom is 0.240 e. The molecule has 1 aromatic carbocycles. The SMILES string of the molecule is CN(CCNS(=O)(=O)c1ccc(Cl)c(CO)c1)C1CC1. The Morgan fingerprint density at radius 3 is 2.75 bits per heavy atom. The lowest BCUT2D eigenvalue weighted by Crippen LogP contribution is -2.34. The molecular weight excluding hydrogens is 300 g/mol. The van der Waals surface area contributed by atoms with Gasteiger partial charge in [-0.1, -0.05) is 11.6 Å². The van der Waals surface area contributed by atoms with Crippen molar-refractivity contribution in [2.45, 2.75) is 30.4 Å². The van der Waals surface area contributed by atoms with E-state index in [-0.39, 0.29) is 11.5 Å². The number of halogens is 1. The molecule has 0 atom stereocenters. The molecule has 20 heavy (non-hydrogen) atoms. The highest BCUT2D eigenvalue weighted by Gasteiger charge is 2.26. The second-order valence-corrected chi connectivity index (χ2v) is 7.20. The van der Waals surface area contributed by atoms with Crippen LogP contribution >= 0.6 is 11.6 Å². The summed E-state index contributed by atoms with van der Waals surface area (Å²) < 4.78 is 26.8. The summed E-state index contributed by atoms with van der Waals surface area (Å²) in [6, 6.07) is 4.93. The summed E-state index contributed by atoms with van der Waals surface area (Å²) in [6.45, 7) is 0.767. The van der Waals surface area contributed by atoms with Gasteiger partial charge in [-0.25, -0.2) is 13.1 Å². The van der Waals surface area contributed by atoms with Crippen LogP contribution in [0.2, 0.25) is 5.02 Å². The minimum Gasteiger partial charge on any atom is -0.392 e. The number of nitrogens with one attached hydrogen (secondary N) is 1. The van der Waals surface area contributed by atoms with Crippen LogP contribution < -0.4 is 4.72 Å². The first-order chi connectivity index (χ1) is 9.44. The lowest BCUT2D eigenvalue weighted by atomic mass is 10.2. The van der Waals surface area contributed by atoms with Crippen LogP contribution in [0.25, 0.3) is 0 Å². The quantitative estimate of drug-likeness (QED) is 0.793. The Balaban J connectivity index is 1.98. The molecule has 7 heteroatoms. The highest BCUT2D eigenvalue weighted by Crippen LogP contribution is 2.24. The van der Waals surface area contributed by atoms with Crippen molar-refractivity contribution < 1.29 is 13.5 Å². The average molecular weight is 319 g/mol. The van der Waals surface area contributed by atoms with Gasteiger partial charge in [-0.05, 0) is 43.7 Å². The van der Waals surface area contributed by atoms with Gasteiger partial charge in [0.15, 0.2) is 0 Å². The van der Waals surface area contributed by atoms with Crippen LogP contribution in [0.4, 0.5) is 0 Å². The summed E-state index contributed by atoms with van der Waals surface area (Å²) in [4.78, 5) is 2.28. The fourth-order valence-corrected chi connectivity index (χ4v) is 3.23. The van der Waals surface area contributed by atoms with Crippen LogP contribution in [0.5, 0.6) is 0 Å². The summed E-state index contributed by atoms with van der Waals surface area (Å²) in [7, 11) is -1.56. The molecule has 0 amide bonds. The minimum absolute atomic E-state index is 0.125. The maximum absolute atomic E-state index is 12.1. The molecule has 1 fully saturated rings. The fourth-order valence-electron chi connectivity index (χ4n) is 1.98. The third-order valence-electron chi connectivity index (χ3n) is 3.42. The van der Waals surface area contributed by atoms with E-state index in [1.165, 1.54) is 31.0 Å². The highest BCUT2D eigenvalue weighted by atomic mass is 35.5. The molecule has 2 N–H and O–H groups in total. The summed E-state index contributed by atoms with van der Waals surface area (Å²) in [5.74, 6) is 0. The van der Waals surface area contributed by atoms with E-state index >= 15 is 0 Å². The van der Waals surface area contributed by atoms with Crippen LogP contribution in [0.15, 0.2) is 23.1 Å². The molecule has 0 saturated heterocycles. The van der Waals surface area contributed by atoms with E-state index in [0.29, 0.717) is 29.7 Å². The van der Waals surface area contributed by atoms with Crippen molar-refractivity contribution in [3.8, 4) is 0 Å². The van der Waals surface area contributed by atoms with Gasteiger partial charge in [0, 0.05) is 24.2 Å². The monoisotopic (exact) mass is 318 g/mol. The minimum atomic E-state index is -3.56. The van der Waals surface area contributed by atoms with Crippen molar-refractivity contribution in [3.05, 3.63) is 28.8 Å². The Kier molecular flexibility index (Phi) is 5.04. The summed E-state index contributed by atoms with van der Waals surface area (Å²) >= 11 is 5.85. The second kappa shape index (κ2) is 6.41. The lowest BCUT2D eigenvalue weighted by Gasteiger charge is -2.16. The number of rotatable bonds is 7. The van der Waals surface area contributed by atoms with Crippen LogP contribution in [0, 0.1) is 0 Å². The number of likely N-dealkylation sites (N-methyl/N-ethyl adjacent to an activating group) is 1. The largest absolute Gasteiger partial charge is 0.392 e. The number of sulfonamides is 1. The first-order valence-corrected chi connectivity index (χ1v) is 8.39. The molecule has 0 heterocycles. The predicted octanol–water partition coefficient (Wildman–Crippen LogP) is 1.20. The average Bonchev–Trinajstić information content (AvgIpc) is 3.23. The van der Waals surface area contributed by atoms with E-state index in [1.54, 1.807) is 0 Å². The molecule has 1 saturated carbocycles. The van der Waals surface area contributed by atoms with Crippen LogP contribution in [0.1, 0.15) is 18.4 Å². The smallest absolute Gasteiger partial charge is 0.240 e. The third-order valence-corrected chi connectivity index (χ3v) is 5.25. The number of hydrogen-bond acceptors (Lipinski definition) is 4. The Morgan fingerprint density at radius 1 is 1.45 bits per heavy atom. The Morgan fingerprint density at radius 2 is 2.15 bits per heavy atom. The van der Waals surface area contributed by atoms with Gasteiger partial charge in [0.2, 0.25) is 10.0 Å². The standard InChI is InChI=1S/C13H19ClN2O3S/c1-16(11-2-3-11)7-6-15-20(18,19)12-4-5-13(14)10(8-12)9-17/h4-5,8,11,15,17H,2-3,6-7,9H2,1H3. The van der Waals surface area contributed by atoms with Gasteiger partial charge in [0.1, 0.15) is 0 Å². The van der Waals surface area contributed by atoms with Crippen LogP contribution in [0.3, 0.4) is 0 Å². The topological polar surface area (TPSA) is 69.6 Å². The zero-order valence-electron chi connectivity index (χ0n) is 11.3. The van der Waals surface area contributed by atoms with E-state index in [0.717, 1.165) is 0 Å². The van der Waals surface area contributed by atoms with Crippen molar-refractivity contribution in [2.24, 2.45) is 0 Å².